The fourth-order valence-corrected chi connectivity index (χ4v) is 6.25. The van der Waals surface area contributed by atoms with Gasteiger partial charge in [-0.3, -0.25) is 9.59 Å². The molecule has 0 aliphatic carbocycles. The maximum Gasteiger partial charge on any atom is 0.408 e. The average Bonchev–Trinajstić information content (AvgIpc) is 3.31. The van der Waals surface area contributed by atoms with Crippen molar-refractivity contribution in [3.05, 3.63) is 21.7 Å². The van der Waals surface area contributed by atoms with Crippen molar-refractivity contribution >= 4 is 35.3 Å². The van der Waals surface area contributed by atoms with Crippen molar-refractivity contribution in [1.82, 2.24) is 10.3 Å². The Morgan fingerprint density at radius 1 is 1.23 bits per heavy atom. The highest BCUT2D eigenvalue weighted by Crippen LogP contribution is 2.45. The first kappa shape index (κ1) is 35.1. The lowest BCUT2D eigenvalue weighted by Crippen LogP contribution is -2.45. The summed E-state index contributed by atoms with van der Waals surface area (Å²) in [6, 6.07) is 0. The SMILES string of the molecule is C/C(=C\c1csc(CNC(=O)OC(C)(C)C)n1)[C@@H]1C[C@@H]2O[C@]2(C)CCC[C@H](C)[C@H](O)[C@@H](C)C(=O)C(C)(C)[C@@H](O)CC(=O)O1. The number of hydrogen-bond acceptors (Lipinski definition) is 10. The summed E-state index contributed by atoms with van der Waals surface area (Å²) >= 11 is 1.39. The molecule has 43 heavy (non-hydrogen) atoms. The number of ketones is 1. The number of carbonyl (C=O) groups is 3. The number of rotatable bonds is 4. The zero-order valence-corrected chi connectivity index (χ0v) is 27.9. The summed E-state index contributed by atoms with van der Waals surface area (Å²) in [5.74, 6) is -1.71. The second-order valence-corrected chi connectivity index (χ2v) is 14.9. The van der Waals surface area contributed by atoms with Crippen molar-refractivity contribution in [3.63, 3.8) is 0 Å². The van der Waals surface area contributed by atoms with Crippen molar-refractivity contribution in [2.45, 2.75) is 137 Å². The van der Waals surface area contributed by atoms with E-state index in [1.807, 2.05) is 32.2 Å². The van der Waals surface area contributed by atoms with Crippen molar-refractivity contribution in [1.29, 1.82) is 0 Å². The topological polar surface area (TPSA) is 148 Å². The first-order valence-electron chi connectivity index (χ1n) is 15.2. The molecule has 0 bridgehead atoms. The lowest BCUT2D eigenvalue weighted by molar-refractivity contribution is -0.154. The summed E-state index contributed by atoms with van der Waals surface area (Å²) in [4.78, 5) is 43.0. The van der Waals surface area contributed by atoms with Crippen molar-refractivity contribution in [2.24, 2.45) is 17.3 Å². The standard InChI is InChI=1S/C32H50N2O8S/c1-18-11-10-12-32(9)24(41-32)14-22(40-26(36)15-23(35)31(7,8)28(38)20(3)27(18)37)19(2)13-21-17-43-25(34-21)16-33-29(39)42-30(4,5)6/h13,17-18,20,22-24,27,35,37H,10-12,14-16H2,1-9H3,(H,33,39)/b19-13+/t18-,20+,22-,23-,24-,27-,32+/m0/s1. The molecule has 0 radical (unpaired) electrons. The number of ether oxygens (including phenoxy) is 3. The van der Waals surface area contributed by atoms with E-state index in [9.17, 15) is 24.6 Å². The van der Waals surface area contributed by atoms with E-state index in [1.165, 1.54) is 11.3 Å². The molecule has 3 N–H and O–H groups in total. The van der Waals surface area contributed by atoms with Crippen LogP contribution < -0.4 is 5.32 Å². The third-order valence-corrected chi connectivity index (χ3v) is 9.51. The quantitative estimate of drug-likeness (QED) is 0.305. The number of fused-ring (bicyclic) bond motifs is 1. The fourth-order valence-electron chi connectivity index (χ4n) is 5.55. The molecule has 242 valence electrons. The largest absolute Gasteiger partial charge is 0.458 e. The Morgan fingerprint density at radius 3 is 2.56 bits per heavy atom. The van der Waals surface area contributed by atoms with Crippen molar-refractivity contribution < 1.29 is 38.8 Å². The third-order valence-electron chi connectivity index (χ3n) is 8.64. The number of aliphatic hydroxyl groups is 2. The second-order valence-electron chi connectivity index (χ2n) is 14.0. The molecule has 1 amide bonds. The number of nitrogens with zero attached hydrogens (tertiary/aromatic N) is 1. The Balaban J connectivity index is 1.78. The number of nitrogens with one attached hydrogen (secondary N) is 1. The zero-order chi connectivity index (χ0) is 32.3. The second kappa shape index (κ2) is 13.7. The van der Waals surface area contributed by atoms with Crippen LogP contribution in [0.4, 0.5) is 4.79 Å². The number of thiazole rings is 1. The van der Waals surface area contributed by atoms with E-state index < -0.39 is 47.3 Å². The van der Waals surface area contributed by atoms with Gasteiger partial charge in [-0.05, 0) is 65.0 Å². The molecular formula is C32H50N2O8S. The van der Waals surface area contributed by atoms with Crippen LogP contribution in [0.3, 0.4) is 0 Å². The number of amides is 1. The minimum Gasteiger partial charge on any atom is -0.458 e. The molecule has 1 aromatic heterocycles. The first-order chi connectivity index (χ1) is 19.8. The van der Waals surface area contributed by atoms with Gasteiger partial charge in [0.1, 0.15) is 22.5 Å². The summed E-state index contributed by atoms with van der Waals surface area (Å²) in [5.41, 5.74) is -0.781. The van der Waals surface area contributed by atoms with Crippen LogP contribution in [0, 0.1) is 17.3 Å². The monoisotopic (exact) mass is 622 g/mol. The Kier molecular flexibility index (Phi) is 11.2. The number of epoxide rings is 1. The number of Topliss-reactive ketones (excluding diaryl/α,β-unsaturated/α-hetero) is 1. The normalized spacial score (nSPS) is 32.9. The highest BCUT2D eigenvalue weighted by molar-refractivity contribution is 7.09. The van der Waals surface area contributed by atoms with Gasteiger partial charge in [0.05, 0.1) is 48.0 Å². The van der Waals surface area contributed by atoms with Crippen LogP contribution in [0.25, 0.3) is 6.08 Å². The summed E-state index contributed by atoms with van der Waals surface area (Å²) < 4.78 is 17.3. The molecule has 11 heteroatoms. The number of alkyl carbamates (subject to hydrolysis) is 1. The summed E-state index contributed by atoms with van der Waals surface area (Å²) in [6.45, 7) is 16.4. The van der Waals surface area contributed by atoms with Crippen LogP contribution in [-0.2, 0) is 30.3 Å². The molecule has 0 aromatic carbocycles. The number of carbonyl (C=O) groups excluding carboxylic acids is 3. The van der Waals surface area contributed by atoms with E-state index in [0.717, 1.165) is 24.8 Å². The highest BCUT2D eigenvalue weighted by Gasteiger charge is 2.53. The van der Waals surface area contributed by atoms with E-state index in [4.69, 9.17) is 14.2 Å². The third kappa shape index (κ3) is 9.57. The number of aromatic nitrogens is 1. The summed E-state index contributed by atoms with van der Waals surface area (Å²) in [6.07, 6.45) is 0.870. The van der Waals surface area contributed by atoms with Gasteiger partial charge < -0.3 is 29.7 Å². The minimum absolute atomic E-state index is 0.106. The molecule has 0 saturated carbocycles. The van der Waals surface area contributed by atoms with Crippen molar-refractivity contribution in [3.8, 4) is 0 Å². The maximum absolute atomic E-state index is 13.3. The van der Waals surface area contributed by atoms with Crippen LogP contribution in [0.2, 0.25) is 0 Å². The molecule has 2 aliphatic heterocycles. The minimum atomic E-state index is -1.28. The lowest BCUT2D eigenvalue weighted by Gasteiger charge is -2.34. The first-order valence-corrected chi connectivity index (χ1v) is 16.1. The lowest BCUT2D eigenvalue weighted by atomic mass is 9.73. The average molecular weight is 623 g/mol. The molecule has 10 nitrogen and oxygen atoms in total. The molecule has 0 spiro atoms. The molecule has 3 heterocycles. The van der Waals surface area contributed by atoms with E-state index in [-0.39, 0.29) is 36.4 Å². The Morgan fingerprint density at radius 2 is 1.91 bits per heavy atom. The van der Waals surface area contributed by atoms with Gasteiger partial charge in [-0.2, -0.15) is 0 Å². The molecule has 2 aliphatic rings. The molecule has 0 unspecified atom stereocenters. The van der Waals surface area contributed by atoms with Gasteiger partial charge in [0.15, 0.2) is 0 Å². The molecule has 3 rings (SSSR count). The molecular weight excluding hydrogens is 572 g/mol. The molecule has 2 saturated heterocycles. The van der Waals surface area contributed by atoms with Gasteiger partial charge in [-0.1, -0.05) is 34.1 Å². The number of esters is 1. The number of hydrogen-bond donors (Lipinski definition) is 3. The predicted octanol–water partition coefficient (Wildman–Crippen LogP) is 5.19. The highest BCUT2D eigenvalue weighted by atomic mass is 32.1. The van der Waals surface area contributed by atoms with Crippen LogP contribution in [0.1, 0.15) is 105 Å². The predicted molar refractivity (Wildman–Crippen MR) is 164 cm³/mol. The summed E-state index contributed by atoms with van der Waals surface area (Å²) in [5, 5.41) is 27.1. The Bertz CT molecular complexity index is 1190. The van der Waals surface area contributed by atoms with Crippen LogP contribution in [0.15, 0.2) is 11.0 Å². The van der Waals surface area contributed by atoms with Gasteiger partial charge in [-0.15, -0.1) is 11.3 Å². The Hall–Kier alpha value is -2.34. The van der Waals surface area contributed by atoms with Crippen molar-refractivity contribution in [2.75, 3.05) is 0 Å². The van der Waals surface area contributed by atoms with Gasteiger partial charge in [0, 0.05) is 17.7 Å². The summed E-state index contributed by atoms with van der Waals surface area (Å²) in [7, 11) is 0. The van der Waals surface area contributed by atoms with E-state index >= 15 is 0 Å². The smallest absolute Gasteiger partial charge is 0.408 e. The maximum atomic E-state index is 13.3. The van der Waals surface area contributed by atoms with Gasteiger partial charge in [0.2, 0.25) is 0 Å². The zero-order valence-electron chi connectivity index (χ0n) is 27.1. The van der Waals surface area contributed by atoms with Crippen LogP contribution in [-0.4, -0.2) is 68.7 Å². The molecule has 2 fully saturated rings. The van der Waals surface area contributed by atoms with Gasteiger partial charge >= 0.3 is 12.1 Å². The van der Waals surface area contributed by atoms with E-state index in [2.05, 4.69) is 10.3 Å². The van der Waals surface area contributed by atoms with Gasteiger partial charge in [-0.25, -0.2) is 9.78 Å². The van der Waals surface area contributed by atoms with E-state index in [1.54, 1.807) is 41.5 Å². The fraction of sp³-hybridized carbons (Fsp3) is 0.750. The van der Waals surface area contributed by atoms with E-state index in [0.29, 0.717) is 17.1 Å². The Labute approximate surface area is 259 Å². The molecule has 1 aromatic rings. The van der Waals surface area contributed by atoms with Crippen LogP contribution >= 0.6 is 11.3 Å². The molecule has 7 atom stereocenters. The van der Waals surface area contributed by atoms with Gasteiger partial charge in [0.25, 0.3) is 0 Å². The number of cyclic esters (lactones) is 1. The number of aliphatic hydroxyl groups excluding tert-OH is 2. The van der Waals surface area contributed by atoms with Crippen LogP contribution in [0.5, 0.6) is 0 Å².